The smallest absolute Gasteiger partial charge is 0.308 e. The van der Waals surface area contributed by atoms with Crippen LogP contribution in [0.4, 0.5) is 0 Å². The summed E-state index contributed by atoms with van der Waals surface area (Å²) in [5, 5.41) is 12.0. The first-order valence-corrected chi connectivity index (χ1v) is 10.7. The summed E-state index contributed by atoms with van der Waals surface area (Å²) in [5.74, 6) is 1.08. The van der Waals surface area contributed by atoms with E-state index in [0.717, 1.165) is 44.9 Å². The van der Waals surface area contributed by atoms with E-state index in [-0.39, 0.29) is 34.4 Å². The van der Waals surface area contributed by atoms with Crippen LogP contribution < -0.4 is 0 Å². The van der Waals surface area contributed by atoms with E-state index in [1.807, 2.05) is 13.0 Å². The van der Waals surface area contributed by atoms with Crippen molar-refractivity contribution in [3.05, 3.63) is 11.6 Å². The lowest BCUT2D eigenvalue weighted by Crippen LogP contribution is -2.63. The fourth-order valence-electron chi connectivity index (χ4n) is 7.71. The molecule has 0 radical (unpaired) electrons. The van der Waals surface area contributed by atoms with Gasteiger partial charge in [0.05, 0.1) is 18.6 Å². The zero-order valence-electron chi connectivity index (χ0n) is 17.2. The predicted octanol–water partition coefficient (Wildman–Crippen LogP) is 4.06. The van der Waals surface area contributed by atoms with Gasteiger partial charge in [-0.15, -0.1) is 0 Å². The van der Waals surface area contributed by atoms with Crippen molar-refractivity contribution in [2.24, 2.45) is 34.5 Å². The Hall–Kier alpha value is -1.16. The van der Waals surface area contributed by atoms with Gasteiger partial charge in [-0.25, -0.2) is 0 Å². The number of carbonyl (C=O) groups excluding carboxylic acids is 2. The highest BCUT2D eigenvalue weighted by Gasteiger charge is 2.66. The van der Waals surface area contributed by atoms with E-state index < -0.39 is 5.60 Å². The summed E-state index contributed by atoms with van der Waals surface area (Å²) in [4.78, 5) is 24.2. The molecular weight excluding hydrogens is 340 g/mol. The van der Waals surface area contributed by atoms with Crippen LogP contribution in [0.15, 0.2) is 11.6 Å². The average molecular weight is 375 g/mol. The van der Waals surface area contributed by atoms with Gasteiger partial charge in [0.15, 0.2) is 5.78 Å². The maximum atomic E-state index is 12.2. The number of ketones is 1. The van der Waals surface area contributed by atoms with Crippen LogP contribution in [0.2, 0.25) is 0 Å². The number of hydrogen-bond acceptors (Lipinski definition) is 4. The second kappa shape index (κ2) is 6.17. The normalized spacial score (nSPS) is 47.4. The largest absolute Gasteiger partial charge is 0.469 e. The minimum absolute atomic E-state index is 0.0851. The molecule has 3 unspecified atom stereocenters. The van der Waals surface area contributed by atoms with Gasteiger partial charge in [0.2, 0.25) is 0 Å². The molecule has 0 heterocycles. The zero-order valence-corrected chi connectivity index (χ0v) is 17.2. The molecule has 0 aromatic heterocycles. The van der Waals surface area contributed by atoms with Gasteiger partial charge >= 0.3 is 5.97 Å². The number of hydrogen-bond donors (Lipinski definition) is 1. The van der Waals surface area contributed by atoms with E-state index in [0.29, 0.717) is 18.3 Å². The maximum Gasteiger partial charge on any atom is 0.308 e. The van der Waals surface area contributed by atoms with E-state index >= 15 is 0 Å². The lowest BCUT2D eigenvalue weighted by atomic mass is 9.44. The summed E-state index contributed by atoms with van der Waals surface area (Å²) in [6, 6.07) is 0. The van der Waals surface area contributed by atoms with E-state index in [4.69, 9.17) is 4.74 Å². The molecule has 3 fully saturated rings. The second-order valence-electron chi connectivity index (χ2n) is 10.1. The molecule has 4 aliphatic rings. The van der Waals surface area contributed by atoms with E-state index in [1.54, 1.807) is 0 Å². The molecular formula is C23H34O4. The first-order valence-electron chi connectivity index (χ1n) is 10.7. The first-order chi connectivity index (χ1) is 12.7. The van der Waals surface area contributed by atoms with Gasteiger partial charge in [0, 0.05) is 11.8 Å². The summed E-state index contributed by atoms with van der Waals surface area (Å²) in [6.07, 6.45) is 8.91. The molecule has 0 aliphatic heterocycles. The van der Waals surface area contributed by atoms with Crippen LogP contribution in [0.3, 0.4) is 0 Å². The minimum atomic E-state index is -0.717. The fourth-order valence-corrected chi connectivity index (χ4v) is 7.71. The van der Waals surface area contributed by atoms with Crippen molar-refractivity contribution in [2.45, 2.75) is 77.7 Å². The molecule has 0 aromatic rings. The van der Waals surface area contributed by atoms with Crippen LogP contribution in [-0.4, -0.2) is 29.6 Å². The molecule has 4 heteroatoms. The molecule has 4 aliphatic carbocycles. The summed E-state index contributed by atoms with van der Waals surface area (Å²) in [7, 11) is 1.48. The Bertz CT molecular complexity index is 696. The molecule has 0 aromatic carbocycles. The molecule has 150 valence electrons. The SMILES string of the molecule is COC(=O)[C@@H](C)C1CCC2C3CCC4=CC(=O)CC[C@]4(C)[C@@]3(O)CC[C@@]21C. The van der Waals surface area contributed by atoms with Crippen molar-refractivity contribution in [2.75, 3.05) is 7.11 Å². The average Bonchev–Trinajstić information content (AvgIpc) is 2.99. The van der Waals surface area contributed by atoms with Gasteiger partial charge in [0.1, 0.15) is 0 Å². The molecule has 7 atom stereocenters. The van der Waals surface area contributed by atoms with E-state index in [9.17, 15) is 14.7 Å². The molecule has 0 bridgehead atoms. The van der Waals surface area contributed by atoms with Crippen molar-refractivity contribution >= 4 is 11.8 Å². The number of carbonyl (C=O) groups is 2. The Labute approximate surface area is 162 Å². The highest BCUT2D eigenvalue weighted by Crippen LogP contribution is 2.68. The predicted molar refractivity (Wildman–Crippen MR) is 103 cm³/mol. The summed E-state index contributed by atoms with van der Waals surface area (Å²) >= 11 is 0. The van der Waals surface area contributed by atoms with Crippen molar-refractivity contribution in [3.63, 3.8) is 0 Å². The van der Waals surface area contributed by atoms with Gasteiger partial charge in [0.25, 0.3) is 0 Å². The Balaban J connectivity index is 1.67. The van der Waals surface area contributed by atoms with E-state index in [1.165, 1.54) is 12.7 Å². The minimum Gasteiger partial charge on any atom is -0.469 e. The number of ether oxygens (including phenoxy) is 1. The highest BCUT2D eigenvalue weighted by molar-refractivity contribution is 5.91. The molecule has 4 rings (SSSR count). The molecule has 0 amide bonds. The van der Waals surface area contributed by atoms with Crippen LogP contribution in [0.25, 0.3) is 0 Å². The number of methoxy groups -OCH3 is 1. The Kier molecular flexibility index (Phi) is 4.38. The lowest BCUT2D eigenvalue weighted by molar-refractivity contribution is -0.194. The number of rotatable bonds is 2. The Morgan fingerprint density at radius 3 is 2.59 bits per heavy atom. The Morgan fingerprint density at radius 1 is 1.15 bits per heavy atom. The van der Waals surface area contributed by atoms with Gasteiger partial charge in [-0.3, -0.25) is 9.59 Å². The molecule has 1 N–H and O–H groups in total. The first kappa shape index (κ1) is 19.2. The molecule has 27 heavy (non-hydrogen) atoms. The van der Waals surface area contributed by atoms with Crippen LogP contribution in [0, 0.1) is 34.5 Å². The quantitative estimate of drug-likeness (QED) is 0.741. The lowest BCUT2D eigenvalue weighted by Gasteiger charge is -2.63. The van der Waals surface area contributed by atoms with Crippen LogP contribution in [0.5, 0.6) is 0 Å². The van der Waals surface area contributed by atoms with Crippen LogP contribution in [-0.2, 0) is 14.3 Å². The third-order valence-electron chi connectivity index (χ3n) is 9.40. The van der Waals surface area contributed by atoms with Crippen molar-refractivity contribution < 1.29 is 19.4 Å². The number of aliphatic hydroxyl groups is 1. The van der Waals surface area contributed by atoms with Crippen molar-refractivity contribution in [1.29, 1.82) is 0 Å². The zero-order chi connectivity index (χ0) is 19.6. The summed E-state index contributed by atoms with van der Waals surface area (Å²) < 4.78 is 5.04. The number of fused-ring (bicyclic) bond motifs is 5. The van der Waals surface area contributed by atoms with Gasteiger partial charge in [-0.1, -0.05) is 26.3 Å². The molecule has 0 spiro atoms. The van der Waals surface area contributed by atoms with Crippen LogP contribution >= 0.6 is 0 Å². The molecule has 3 saturated carbocycles. The Morgan fingerprint density at radius 2 is 1.89 bits per heavy atom. The van der Waals surface area contributed by atoms with E-state index in [2.05, 4.69) is 13.8 Å². The highest BCUT2D eigenvalue weighted by atomic mass is 16.5. The monoisotopic (exact) mass is 374 g/mol. The van der Waals surface area contributed by atoms with Crippen molar-refractivity contribution in [1.82, 2.24) is 0 Å². The summed E-state index contributed by atoms with van der Waals surface area (Å²) in [6.45, 7) is 6.57. The van der Waals surface area contributed by atoms with Crippen molar-refractivity contribution in [3.8, 4) is 0 Å². The topological polar surface area (TPSA) is 63.6 Å². The second-order valence-corrected chi connectivity index (χ2v) is 10.1. The number of esters is 1. The third kappa shape index (κ3) is 2.44. The standard InChI is InChI=1S/C23H34O4/c1-14(20(25)27-4)17-7-8-18-19-6-5-15-13-16(24)9-10-22(15,3)23(19,26)12-11-21(17,18)2/h13-14,17-19,26H,5-12H2,1-4H3/t14-,17?,18?,19?,21+,22-,23+/m0/s1. The van der Waals surface area contributed by atoms with Gasteiger partial charge < -0.3 is 9.84 Å². The van der Waals surface area contributed by atoms with Gasteiger partial charge in [-0.2, -0.15) is 0 Å². The molecule has 0 saturated heterocycles. The fraction of sp³-hybridized carbons (Fsp3) is 0.826. The van der Waals surface area contributed by atoms with Crippen LogP contribution in [0.1, 0.15) is 72.1 Å². The maximum absolute atomic E-state index is 12.2. The molecule has 4 nitrogen and oxygen atoms in total. The third-order valence-corrected chi connectivity index (χ3v) is 9.40. The summed E-state index contributed by atoms with van der Waals surface area (Å²) in [5.41, 5.74) is 0.286. The van der Waals surface area contributed by atoms with Gasteiger partial charge in [-0.05, 0) is 74.2 Å².